The highest BCUT2D eigenvalue weighted by molar-refractivity contribution is 5.45. The van der Waals surface area contributed by atoms with E-state index in [0.717, 1.165) is 11.1 Å². The number of pyridine rings is 1. The van der Waals surface area contributed by atoms with E-state index in [4.69, 9.17) is 11.6 Å². The summed E-state index contributed by atoms with van der Waals surface area (Å²) in [6, 6.07) is 6.33. The molecule has 100 valence electrons. The van der Waals surface area contributed by atoms with Crippen molar-refractivity contribution in [2.45, 2.75) is 19.4 Å². The van der Waals surface area contributed by atoms with Crippen LogP contribution < -0.4 is 17.0 Å². The van der Waals surface area contributed by atoms with Crippen molar-refractivity contribution in [2.75, 3.05) is 5.73 Å². The second kappa shape index (κ2) is 5.77. The zero-order valence-corrected chi connectivity index (χ0v) is 10.7. The second-order valence-corrected chi connectivity index (χ2v) is 4.52. The van der Waals surface area contributed by atoms with Gasteiger partial charge < -0.3 is 5.73 Å². The van der Waals surface area contributed by atoms with Gasteiger partial charge in [0.05, 0.1) is 6.04 Å². The van der Waals surface area contributed by atoms with Crippen LogP contribution in [0.5, 0.6) is 0 Å². The monoisotopic (exact) mass is 260 g/mol. The van der Waals surface area contributed by atoms with Crippen molar-refractivity contribution in [3.63, 3.8) is 0 Å². The van der Waals surface area contributed by atoms with Gasteiger partial charge in [0, 0.05) is 23.6 Å². The average molecular weight is 260 g/mol. The van der Waals surface area contributed by atoms with E-state index in [1.165, 1.54) is 6.07 Å². The minimum Gasteiger partial charge on any atom is -0.398 e. The molecule has 0 saturated carbocycles. The van der Waals surface area contributed by atoms with Gasteiger partial charge in [-0.15, -0.1) is 0 Å². The zero-order valence-electron chi connectivity index (χ0n) is 10.7. The van der Waals surface area contributed by atoms with E-state index in [2.05, 4.69) is 10.4 Å². The molecular formula is C14H17FN4. The standard InChI is InChI=1S/C14H17FN4/c1-9-2-3-12(15)11(6-9)14(19-17)7-10-8-18-5-4-13(10)16/h2-6,8,14,19H,7,17H2,1H3,(H2,16,18). The number of benzene rings is 1. The Kier molecular flexibility index (Phi) is 4.09. The first-order chi connectivity index (χ1) is 9.11. The summed E-state index contributed by atoms with van der Waals surface area (Å²) < 4.78 is 13.9. The quantitative estimate of drug-likeness (QED) is 0.579. The summed E-state index contributed by atoms with van der Waals surface area (Å²) in [7, 11) is 0. The Bertz CT molecular complexity index is 571. The number of nitrogen functional groups attached to an aromatic ring is 1. The molecule has 1 atom stereocenters. The topological polar surface area (TPSA) is 77.0 Å². The highest BCUT2D eigenvalue weighted by Gasteiger charge is 2.16. The molecule has 0 radical (unpaired) electrons. The summed E-state index contributed by atoms with van der Waals surface area (Å²) in [5.41, 5.74) is 11.5. The van der Waals surface area contributed by atoms with Crippen molar-refractivity contribution >= 4 is 5.69 Å². The van der Waals surface area contributed by atoms with Gasteiger partial charge in [-0.1, -0.05) is 17.7 Å². The minimum atomic E-state index is -0.341. The highest BCUT2D eigenvalue weighted by atomic mass is 19.1. The lowest BCUT2D eigenvalue weighted by Gasteiger charge is -2.18. The predicted molar refractivity (Wildman–Crippen MR) is 73.6 cm³/mol. The van der Waals surface area contributed by atoms with Crippen LogP contribution in [0.2, 0.25) is 0 Å². The fourth-order valence-electron chi connectivity index (χ4n) is 2.02. The smallest absolute Gasteiger partial charge is 0.128 e. The number of hydrogen-bond acceptors (Lipinski definition) is 4. The molecule has 4 nitrogen and oxygen atoms in total. The molecule has 0 fully saturated rings. The van der Waals surface area contributed by atoms with E-state index in [9.17, 15) is 4.39 Å². The SMILES string of the molecule is Cc1ccc(F)c(C(Cc2cnccc2N)NN)c1. The van der Waals surface area contributed by atoms with Crippen LogP contribution in [-0.2, 0) is 6.42 Å². The Morgan fingerprint density at radius 3 is 2.84 bits per heavy atom. The number of aromatic nitrogens is 1. The van der Waals surface area contributed by atoms with E-state index in [0.29, 0.717) is 17.7 Å². The lowest BCUT2D eigenvalue weighted by Crippen LogP contribution is -2.30. The highest BCUT2D eigenvalue weighted by Crippen LogP contribution is 2.23. The van der Waals surface area contributed by atoms with Gasteiger partial charge in [0.15, 0.2) is 0 Å². The molecule has 2 rings (SSSR count). The normalized spacial score (nSPS) is 12.4. The van der Waals surface area contributed by atoms with E-state index in [1.807, 2.05) is 6.92 Å². The molecule has 1 heterocycles. The van der Waals surface area contributed by atoms with E-state index >= 15 is 0 Å². The van der Waals surface area contributed by atoms with Crippen LogP contribution in [0.1, 0.15) is 22.7 Å². The first kappa shape index (κ1) is 13.5. The summed E-state index contributed by atoms with van der Waals surface area (Å²) in [4.78, 5) is 4.02. The molecule has 0 amide bonds. The molecule has 0 spiro atoms. The van der Waals surface area contributed by atoms with E-state index in [-0.39, 0.29) is 11.9 Å². The Morgan fingerprint density at radius 2 is 2.16 bits per heavy atom. The average Bonchev–Trinajstić information content (AvgIpc) is 2.41. The number of anilines is 1. The summed E-state index contributed by atoms with van der Waals surface area (Å²) in [6.45, 7) is 1.91. The number of hydrogen-bond donors (Lipinski definition) is 3. The number of rotatable bonds is 4. The number of hydrazine groups is 1. The van der Waals surface area contributed by atoms with Crippen molar-refractivity contribution in [2.24, 2.45) is 5.84 Å². The van der Waals surface area contributed by atoms with Gasteiger partial charge in [-0.3, -0.25) is 16.3 Å². The van der Waals surface area contributed by atoms with E-state index in [1.54, 1.807) is 30.6 Å². The lowest BCUT2D eigenvalue weighted by atomic mass is 9.97. The molecule has 1 unspecified atom stereocenters. The third kappa shape index (κ3) is 3.07. The van der Waals surface area contributed by atoms with Gasteiger partial charge in [0.1, 0.15) is 5.82 Å². The molecule has 0 aliphatic rings. The van der Waals surface area contributed by atoms with Crippen molar-refractivity contribution < 1.29 is 4.39 Å². The van der Waals surface area contributed by atoms with Crippen LogP contribution in [0.25, 0.3) is 0 Å². The maximum Gasteiger partial charge on any atom is 0.128 e. The molecule has 0 bridgehead atoms. The molecule has 1 aromatic heterocycles. The molecule has 5 N–H and O–H groups in total. The molecule has 0 saturated heterocycles. The Morgan fingerprint density at radius 1 is 1.37 bits per heavy atom. The number of aryl methyl sites for hydroxylation is 1. The first-order valence-corrected chi connectivity index (χ1v) is 6.02. The second-order valence-electron chi connectivity index (χ2n) is 4.52. The number of halogens is 1. The van der Waals surface area contributed by atoms with Crippen molar-refractivity contribution in [1.82, 2.24) is 10.4 Å². The molecule has 2 aromatic rings. The van der Waals surface area contributed by atoms with Gasteiger partial charge >= 0.3 is 0 Å². The van der Waals surface area contributed by atoms with Crippen LogP contribution in [0.3, 0.4) is 0 Å². The van der Waals surface area contributed by atoms with Crippen molar-refractivity contribution in [3.8, 4) is 0 Å². The maximum atomic E-state index is 13.9. The first-order valence-electron chi connectivity index (χ1n) is 6.02. The molecular weight excluding hydrogens is 243 g/mol. The summed E-state index contributed by atoms with van der Waals surface area (Å²) >= 11 is 0. The Labute approximate surface area is 111 Å². The van der Waals surface area contributed by atoms with Gasteiger partial charge in [0.25, 0.3) is 0 Å². The number of nitrogens with two attached hydrogens (primary N) is 2. The van der Waals surface area contributed by atoms with Crippen LogP contribution >= 0.6 is 0 Å². The predicted octanol–water partition coefficient (Wildman–Crippen LogP) is 1.86. The minimum absolute atomic E-state index is 0.281. The molecule has 19 heavy (non-hydrogen) atoms. The molecule has 0 aliphatic carbocycles. The van der Waals surface area contributed by atoms with Crippen LogP contribution in [0.15, 0.2) is 36.7 Å². The molecule has 0 aliphatic heterocycles. The van der Waals surface area contributed by atoms with Crippen molar-refractivity contribution in [3.05, 3.63) is 59.2 Å². The zero-order chi connectivity index (χ0) is 13.8. The number of nitrogens with one attached hydrogen (secondary N) is 1. The Hall–Kier alpha value is -1.98. The fraction of sp³-hybridized carbons (Fsp3) is 0.214. The van der Waals surface area contributed by atoms with Crippen molar-refractivity contribution in [1.29, 1.82) is 0 Å². The third-order valence-electron chi connectivity index (χ3n) is 3.09. The van der Waals surface area contributed by atoms with Gasteiger partial charge in [-0.05, 0) is 31.0 Å². The number of nitrogens with zero attached hydrogens (tertiary/aromatic N) is 1. The fourth-order valence-corrected chi connectivity index (χ4v) is 2.02. The van der Waals surface area contributed by atoms with Crippen LogP contribution in [-0.4, -0.2) is 4.98 Å². The molecule has 1 aromatic carbocycles. The summed E-state index contributed by atoms with van der Waals surface area (Å²) in [5, 5.41) is 0. The van der Waals surface area contributed by atoms with Gasteiger partial charge in [0.2, 0.25) is 0 Å². The largest absolute Gasteiger partial charge is 0.398 e. The van der Waals surface area contributed by atoms with Crippen LogP contribution in [0.4, 0.5) is 10.1 Å². The van der Waals surface area contributed by atoms with E-state index < -0.39 is 0 Å². The van der Waals surface area contributed by atoms with Gasteiger partial charge in [-0.25, -0.2) is 4.39 Å². The van der Waals surface area contributed by atoms with Crippen LogP contribution in [0, 0.1) is 12.7 Å². The maximum absolute atomic E-state index is 13.9. The lowest BCUT2D eigenvalue weighted by molar-refractivity contribution is 0.510. The third-order valence-corrected chi connectivity index (χ3v) is 3.09. The Balaban J connectivity index is 2.30. The molecule has 5 heteroatoms. The van der Waals surface area contributed by atoms with Gasteiger partial charge in [-0.2, -0.15) is 0 Å². The summed E-state index contributed by atoms with van der Waals surface area (Å²) in [6.07, 6.45) is 3.78. The summed E-state index contributed by atoms with van der Waals surface area (Å²) in [5.74, 6) is 5.26.